The van der Waals surface area contributed by atoms with Gasteiger partial charge in [-0.3, -0.25) is 0 Å². The lowest BCUT2D eigenvalue weighted by molar-refractivity contribution is 0.401. The topological polar surface area (TPSA) is 3.24 Å². The summed E-state index contributed by atoms with van der Waals surface area (Å²) in [5.41, 5.74) is 1.37. The summed E-state index contributed by atoms with van der Waals surface area (Å²) >= 11 is 3.70. The van der Waals surface area contributed by atoms with Crippen LogP contribution in [0.3, 0.4) is 0 Å². The third-order valence-electron chi connectivity index (χ3n) is 2.50. The number of nitrogens with zero attached hydrogens (tertiary/aromatic N) is 1. The second kappa shape index (κ2) is 5.62. The number of thiophene rings is 2. The van der Waals surface area contributed by atoms with Crippen LogP contribution in [-0.2, 0) is 6.42 Å². The highest BCUT2D eigenvalue weighted by molar-refractivity contribution is 7.16. The minimum atomic E-state index is 1.17. The fourth-order valence-electron chi connectivity index (χ4n) is 1.64. The quantitative estimate of drug-likeness (QED) is 0.777. The molecule has 1 nitrogen and oxygen atoms in total. The zero-order valence-electron chi connectivity index (χ0n) is 9.77. The molecule has 0 fully saturated rings. The largest absolute Gasteiger partial charge is 0.309 e. The average molecular weight is 251 g/mol. The van der Waals surface area contributed by atoms with Crippen molar-refractivity contribution in [1.29, 1.82) is 0 Å². The summed E-state index contributed by atoms with van der Waals surface area (Å²) in [4.78, 5) is 5.15. The van der Waals surface area contributed by atoms with Gasteiger partial charge in [0.15, 0.2) is 0 Å². The summed E-state index contributed by atoms with van der Waals surface area (Å²) in [6.07, 6.45) is 2.45. The molecular weight excluding hydrogens is 234 g/mol. The molecule has 0 aliphatic heterocycles. The van der Waals surface area contributed by atoms with Crippen molar-refractivity contribution in [1.82, 2.24) is 4.90 Å². The molecule has 0 saturated carbocycles. The van der Waals surface area contributed by atoms with Gasteiger partial charge >= 0.3 is 0 Å². The van der Waals surface area contributed by atoms with Gasteiger partial charge in [0.2, 0.25) is 0 Å². The lowest BCUT2D eigenvalue weighted by atomic mass is 10.2. The van der Waals surface area contributed by atoms with Crippen molar-refractivity contribution in [3.63, 3.8) is 0 Å². The lowest BCUT2D eigenvalue weighted by Gasteiger charge is -2.07. The van der Waals surface area contributed by atoms with Crippen LogP contribution < -0.4 is 0 Å². The van der Waals surface area contributed by atoms with E-state index in [-0.39, 0.29) is 0 Å². The van der Waals surface area contributed by atoms with E-state index >= 15 is 0 Å². The minimum Gasteiger partial charge on any atom is -0.309 e. The zero-order valence-corrected chi connectivity index (χ0v) is 11.4. The molecule has 0 saturated heterocycles. The molecule has 0 aromatic carbocycles. The van der Waals surface area contributed by atoms with E-state index in [1.807, 2.05) is 11.3 Å². The first-order valence-electron chi connectivity index (χ1n) is 5.52. The van der Waals surface area contributed by atoms with E-state index in [0.717, 1.165) is 0 Å². The highest BCUT2D eigenvalue weighted by Gasteiger charge is 2.03. The summed E-state index contributed by atoms with van der Waals surface area (Å²) in [5, 5.41) is 4.36. The Morgan fingerprint density at radius 1 is 1.19 bits per heavy atom. The van der Waals surface area contributed by atoms with Crippen LogP contribution >= 0.6 is 22.7 Å². The van der Waals surface area contributed by atoms with Crippen molar-refractivity contribution in [2.45, 2.75) is 12.8 Å². The average Bonchev–Trinajstić information content (AvgIpc) is 2.85. The normalized spacial score (nSPS) is 11.2. The predicted molar refractivity (Wildman–Crippen MR) is 74.5 cm³/mol. The van der Waals surface area contributed by atoms with E-state index in [4.69, 9.17) is 0 Å². The van der Waals surface area contributed by atoms with Crippen molar-refractivity contribution >= 4 is 22.7 Å². The third-order valence-corrected chi connectivity index (χ3v) is 4.37. The van der Waals surface area contributed by atoms with Gasteiger partial charge < -0.3 is 4.90 Å². The Bertz CT molecular complexity index is 415. The van der Waals surface area contributed by atoms with Crippen LogP contribution in [0.1, 0.15) is 11.3 Å². The number of aryl methyl sites for hydroxylation is 1. The van der Waals surface area contributed by atoms with Crippen molar-refractivity contribution in [2.75, 3.05) is 20.6 Å². The molecule has 16 heavy (non-hydrogen) atoms. The second-order valence-electron chi connectivity index (χ2n) is 4.18. The van der Waals surface area contributed by atoms with Gasteiger partial charge in [-0.1, -0.05) is 0 Å². The van der Waals surface area contributed by atoms with Crippen LogP contribution in [0.25, 0.3) is 10.4 Å². The Hall–Kier alpha value is -0.640. The van der Waals surface area contributed by atoms with E-state index in [0.29, 0.717) is 0 Å². The first-order valence-corrected chi connectivity index (χ1v) is 7.27. The van der Waals surface area contributed by atoms with Crippen LogP contribution in [0.15, 0.2) is 29.0 Å². The van der Waals surface area contributed by atoms with E-state index in [2.05, 4.69) is 48.0 Å². The van der Waals surface area contributed by atoms with Gasteiger partial charge in [0.1, 0.15) is 0 Å². The van der Waals surface area contributed by atoms with Crippen LogP contribution in [-0.4, -0.2) is 25.5 Å². The van der Waals surface area contributed by atoms with Crippen LogP contribution in [0.5, 0.6) is 0 Å². The van der Waals surface area contributed by atoms with Gasteiger partial charge in [0.05, 0.1) is 0 Å². The molecule has 0 amide bonds. The molecule has 86 valence electrons. The van der Waals surface area contributed by atoms with Gasteiger partial charge in [-0.05, 0) is 62.4 Å². The second-order valence-corrected chi connectivity index (χ2v) is 6.13. The highest BCUT2D eigenvalue weighted by atomic mass is 32.1. The molecule has 0 unspecified atom stereocenters. The monoisotopic (exact) mass is 251 g/mol. The Labute approximate surface area is 105 Å². The van der Waals surface area contributed by atoms with Gasteiger partial charge in [-0.15, -0.1) is 11.3 Å². The van der Waals surface area contributed by atoms with Crippen molar-refractivity contribution in [3.05, 3.63) is 33.8 Å². The van der Waals surface area contributed by atoms with E-state index < -0.39 is 0 Å². The summed E-state index contributed by atoms with van der Waals surface area (Å²) in [6, 6.07) is 6.71. The molecular formula is C13H17NS2. The molecule has 0 aliphatic carbocycles. The Kier molecular flexibility index (Phi) is 4.16. The maximum Gasteiger partial charge on any atom is 0.0353 e. The molecule has 2 heterocycles. The number of hydrogen-bond acceptors (Lipinski definition) is 3. The molecule has 0 spiro atoms. The summed E-state index contributed by atoms with van der Waals surface area (Å²) in [6.45, 7) is 1.17. The smallest absolute Gasteiger partial charge is 0.0353 e. The van der Waals surface area contributed by atoms with Crippen molar-refractivity contribution in [2.24, 2.45) is 0 Å². The maximum atomic E-state index is 2.27. The first kappa shape index (κ1) is 11.8. The first-order chi connectivity index (χ1) is 7.75. The fraction of sp³-hybridized carbons (Fsp3) is 0.385. The standard InChI is InChI=1S/C13H17NS2/c1-14(2)8-3-4-12-5-6-13(16-12)11-7-9-15-10-11/h5-7,9-10H,3-4,8H2,1-2H3. The van der Waals surface area contributed by atoms with Gasteiger partial charge in [-0.25, -0.2) is 0 Å². The molecule has 2 aromatic heterocycles. The molecule has 0 bridgehead atoms. The number of rotatable bonds is 5. The lowest BCUT2D eigenvalue weighted by Crippen LogP contribution is -2.13. The molecule has 0 N–H and O–H groups in total. The van der Waals surface area contributed by atoms with Crippen LogP contribution in [0.4, 0.5) is 0 Å². The van der Waals surface area contributed by atoms with Gasteiger partial charge in [0.25, 0.3) is 0 Å². The van der Waals surface area contributed by atoms with Crippen LogP contribution in [0, 0.1) is 0 Å². The van der Waals surface area contributed by atoms with Gasteiger partial charge in [0, 0.05) is 15.3 Å². The molecule has 0 atom stereocenters. The molecule has 2 aromatic rings. The maximum absolute atomic E-state index is 2.27. The molecule has 0 radical (unpaired) electrons. The fourth-order valence-corrected chi connectivity index (χ4v) is 3.42. The summed E-state index contributed by atoms with van der Waals surface area (Å²) in [5.74, 6) is 0. The molecule has 0 aliphatic rings. The minimum absolute atomic E-state index is 1.17. The highest BCUT2D eigenvalue weighted by Crippen LogP contribution is 2.30. The summed E-state index contributed by atoms with van der Waals surface area (Å²) < 4.78 is 0. The Morgan fingerprint density at radius 2 is 2.06 bits per heavy atom. The predicted octanol–water partition coefficient (Wildman–Crippen LogP) is 3.97. The number of hydrogen-bond donors (Lipinski definition) is 0. The summed E-state index contributed by atoms with van der Waals surface area (Å²) in [7, 11) is 4.26. The Balaban J connectivity index is 1.93. The van der Waals surface area contributed by atoms with Crippen LogP contribution in [0.2, 0.25) is 0 Å². The van der Waals surface area contributed by atoms with E-state index in [1.54, 1.807) is 11.3 Å². The van der Waals surface area contributed by atoms with E-state index in [1.165, 1.54) is 34.7 Å². The van der Waals surface area contributed by atoms with Crippen molar-refractivity contribution in [3.8, 4) is 10.4 Å². The zero-order chi connectivity index (χ0) is 11.4. The van der Waals surface area contributed by atoms with Gasteiger partial charge in [-0.2, -0.15) is 11.3 Å². The third kappa shape index (κ3) is 3.17. The Morgan fingerprint density at radius 3 is 2.75 bits per heavy atom. The molecule has 2 rings (SSSR count). The SMILES string of the molecule is CN(C)CCCc1ccc(-c2ccsc2)s1. The molecule has 3 heteroatoms. The van der Waals surface area contributed by atoms with Crippen molar-refractivity contribution < 1.29 is 0 Å². The van der Waals surface area contributed by atoms with E-state index in [9.17, 15) is 0 Å².